The molecule has 228 valence electrons. The molecule has 0 radical (unpaired) electrons. The Labute approximate surface area is 240 Å². The van der Waals surface area contributed by atoms with Gasteiger partial charge in [-0.25, -0.2) is 0 Å². The van der Waals surface area contributed by atoms with Crippen molar-refractivity contribution in [1.82, 2.24) is 0 Å². The summed E-state index contributed by atoms with van der Waals surface area (Å²) in [6.45, 7) is 21.9. The van der Waals surface area contributed by atoms with Crippen molar-refractivity contribution in [2.24, 2.45) is 11.8 Å². The van der Waals surface area contributed by atoms with Gasteiger partial charge in [0, 0.05) is 12.3 Å². The Morgan fingerprint density at radius 3 is 2.20 bits per heavy atom. The van der Waals surface area contributed by atoms with Crippen LogP contribution < -0.4 is 4.74 Å². The summed E-state index contributed by atoms with van der Waals surface area (Å²) in [6, 6.07) is 4.93. The van der Waals surface area contributed by atoms with Crippen LogP contribution in [0.4, 0.5) is 13.2 Å². The third kappa shape index (κ3) is 8.01. The maximum atomic E-state index is 13.2. The largest absolute Gasteiger partial charge is 0.491 e. The van der Waals surface area contributed by atoms with Gasteiger partial charge < -0.3 is 23.4 Å². The van der Waals surface area contributed by atoms with Gasteiger partial charge >= 0.3 is 6.18 Å². The van der Waals surface area contributed by atoms with E-state index in [1.54, 1.807) is 0 Å². The van der Waals surface area contributed by atoms with Gasteiger partial charge in [-0.2, -0.15) is 13.2 Å². The molecule has 1 heterocycles. The number of rotatable bonds is 9. The fraction of sp³-hybridized carbons (Fsp3) is 0.733. The molecule has 0 aromatic heterocycles. The Morgan fingerprint density at radius 1 is 1.00 bits per heavy atom. The number of hydrogen-bond donors (Lipinski definition) is 1. The minimum Gasteiger partial charge on any atom is -0.491 e. The van der Waals surface area contributed by atoms with Crippen LogP contribution in [0.15, 0.2) is 36.4 Å². The highest BCUT2D eigenvalue weighted by molar-refractivity contribution is 6.74. The predicted octanol–water partition coefficient (Wildman–Crippen LogP) is 8.16. The van der Waals surface area contributed by atoms with Gasteiger partial charge in [0.15, 0.2) is 22.9 Å². The van der Waals surface area contributed by atoms with Crippen LogP contribution in [0.5, 0.6) is 5.75 Å². The van der Waals surface area contributed by atoms with Gasteiger partial charge in [-0.05, 0) is 66.8 Å². The summed E-state index contributed by atoms with van der Waals surface area (Å²) in [6.07, 6.45) is -0.576. The highest BCUT2D eigenvalue weighted by Crippen LogP contribution is 2.48. The smallest absolute Gasteiger partial charge is 0.416 e. The summed E-state index contributed by atoms with van der Waals surface area (Å²) >= 11 is 0. The van der Waals surface area contributed by atoms with Crippen LogP contribution in [-0.4, -0.2) is 53.0 Å². The van der Waals surface area contributed by atoms with Crippen molar-refractivity contribution in [1.29, 1.82) is 0 Å². The molecule has 1 N–H and O–H groups in total. The first-order valence-corrected chi connectivity index (χ1v) is 20.1. The lowest BCUT2D eigenvalue weighted by molar-refractivity contribution is -0.173. The Morgan fingerprint density at radius 2 is 1.62 bits per heavy atom. The molecule has 1 saturated carbocycles. The van der Waals surface area contributed by atoms with Gasteiger partial charge in [-0.1, -0.05) is 59.8 Å². The maximum Gasteiger partial charge on any atom is 0.416 e. The second-order valence-electron chi connectivity index (χ2n) is 14.4. The first-order chi connectivity index (χ1) is 18.1. The van der Waals surface area contributed by atoms with Crippen molar-refractivity contribution in [2.45, 2.75) is 121 Å². The number of benzene rings is 1. The lowest BCUT2D eigenvalue weighted by Crippen LogP contribution is -2.45. The van der Waals surface area contributed by atoms with Crippen LogP contribution in [-0.2, 0) is 19.8 Å². The second kappa shape index (κ2) is 11.8. The SMILES string of the molecule is CC(C)(C)[Si](C)(C)O[C@H](C=C[C@@H]1[C@H]2CC(O)O[C@@H]1C[C@@H]2O[Si](C)(C)C(C)(C)C)COc1cccc(C(F)(F)F)c1. The molecule has 1 aliphatic heterocycles. The first kappa shape index (κ1) is 33.3. The second-order valence-corrected chi connectivity index (χ2v) is 23.9. The summed E-state index contributed by atoms with van der Waals surface area (Å²) in [7, 11) is -4.26. The van der Waals surface area contributed by atoms with Gasteiger partial charge in [-0.15, -0.1) is 0 Å². The third-order valence-electron chi connectivity index (χ3n) is 9.30. The summed E-state index contributed by atoms with van der Waals surface area (Å²) in [4.78, 5) is 0. The zero-order chi connectivity index (χ0) is 30.3. The van der Waals surface area contributed by atoms with Crippen LogP contribution in [0.25, 0.3) is 0 Å². The molecule has 5 nitrogen and oxygen atoms in total. The van der Waals surface area contributed by atoms with Crippen LogP contribution in [0.1, 0.15) is 59.9 Å². The van der Waals surface area contributed by atoms with Gasteiger partial charge in [0.05, 0.1) is 23.9 Å². The van der Waals surface area contributed by atoms with Crippen LogP contribution in [0.2, 0.25) is 36.3 Å². The van der Waals surface area contributed by atoms with E-state index in [1.165, 1.54) is 12.1 Å². The standard InChI is InChI=1S/C30H49F3O5Si2/c1-28(2,3)39(7,8)37-22(19-35-21-13-11-12-20(16-21)30(31,32)33)14-15-23-24-17-27(34)36-25(23)18-26(24)38-40(9,10)29(4,5)6/h11-16,22-27,34H,17-19H2,1-10H3/t22-,23-,24-,25-,26+,27?/m1/s1. The molecule has 3 rings (SSSR count). The van der Waals surface area contributed by atoms with E-state index >= 15 is 0 Å². The van der Waals surface area contributed by atoms with E-state index in [0.29, 0.717) is 6.42 Å². The fourth-order valence-electron chi connectivity index (χ4n) is 4.86. The predicted molar refractivity (Wildman–Crippen MR) is 157 cm³/mol. The van der Waals surface area contributed by atoms with E-state index in [1.807, 2.05) is 6.08 Å². The monoisotopic (exact) mass is 602 g/mol. The summed E-state index contributed by atoms with van der Waals surface area (Å²) in [5.74, 6) is 0.299. The van der Waals surface area contributed by atoms with Crippen molar-refractivity contribution < 1.29 is 36.6 Å². The van der Waals surface area contributed by atoms with E-state index in [4.69, 9.17) is 18.3 Å². The average molecular weight is 603 g/mol. The molecular weight excluding hydrogens is 553 g/mol. The maximum absolute atomic E-state index is 13.2. The van der Waals surface area contributed by atoms with E-state index in [2.05, 4.69) is 73.8 Å². The van der Waals surface area contributed by atoms with Crippen LogP contribution in [0.3, 0.4) is 0 Å². The minimum absolute atomic E-state index is 0.00110. The number of fused-ring (bicyclic) bond motifs is 2. The summed E-state index contributed by atoms with van der Waals surface area (Å²) in [5, 5.41) is 10.4. The molecule has 2 aliphatic rings. The first-order valence-electron chi connectivity index (χ1n) is 14.3. The highest BCUT2D eigenvalue weighted by Gasteiger charge is 2.51. The molecule has 40 heavy (non-hydrogen) atoms. The Bertz CT molecular complexity index is 1030. The van der Waals surface area contributed by atoms with Gasteiger partial charge in [-0.3, -0.25) is 0 Å². The van der Waals surface area contributed by atoms with Gasteiger partial charge in [0.25, 0.3) is 0 Å². The number of aliphatic hydroxyl groups is 1. The van der Waals surface area contributed by atoms with Crippen molar-refractivity contribution in [3.05, 3.63) is 42.0 Å². The lowest BCUT2D eigenvalue weighted by atomic mass is 9.88. The normalized spacial score (nSPS) is 27.3. The van der Waals surface area contributed by atoms with Crippen molar-refractivity contribution in [2.75, 3.05) is 6.61 Å². The highest BCUT2D eigenvalue weighted by atomic mass is 28.4. The number of hydrogen-bond acceptors (Lipinski definition) is 5. The average Bonchev–Trinajstić information content (AvgIpc) is 2.98. The van der Waals surface area contributed by atoms with Crippen LogP contribution >= 0.6 is 0 Å². The number of alkyl halides is 3. The molecule has 10 heteroatoms. The molecule has 1 unspecified atom stereocenters. The zero-order valence-corrected chi connectivity index (χ0v) is 27.8. The Hall–Kier alpha value is -1.18. The number of ether oxygens (including phenoxy) is 2. The molecule has 1 saturated heterocycles. The van der Waals surface area contributed by atoms with E-state index in [-0.39, 0.29) is 46.5 Å². The van der Waals surface area contributed by atoms with Gasteiger partial charge in [0.2, 0.25) is 0 Å². The molecule has 1 aromatic rings. The summed E-state index contributed by atoms with van der Waals surface area (Å²) in [5.41, 5.74) is -0.746. The molecule has 1 aliphatic carbocycles. The Balaban J connectivity index is 1.82. The molecule has 6 atom stereocenters. The third-order valence-corrected chi connectivity index (χ3v) is 18.3. The quantitative estimate of drug-likeness (QED) is 0.228. The minimum atomic E-state index is -4.44. The lowest BCUT2D eigenvalue weighted by Gasteiger charge is -2.40. The van der Waals surface area contributed by atoms with Crippen molar-refractivity contribution in [3.63, 3.8) is 0 Å². The molecule has 0 spiro atoms. The molecule has 1 aromatic carbocycles. The van der Waals surface area contributed by atoms with E-state index < -0.39 is 40.8 Å². The number of aliphatic hydroxyl groups excluding tert-OH is 1. The van der Waals surface area contributed by atoms with E-state index in [9.17, 15) is 18.3 Å². The molecular formula is C30H49F3O5Si2. The van der Waals surface area contributed by atoms with Crippen molar-refractivity contribution >= 4 is 16.6 Å². The van der Waals surface area contributed by atoms with E-state index in [0.717, 1.165) is 18.6 Å². The molecule has 2 bridgehead atoms. The number of halogens is 3. The zero-order valence-electron chi connectivity index (χ0n) is 25.8. The Kier molecular flexibility index (Phi) is 9.86. The fourth-order valence-corrected chi connectivity index (χ4v) is 7.50. The van der Waals surface area contributed by atoms with Crippen LogP contribution in [0, 0.1) is 11.8 Å². The summed E-state index contributed by atoms with van der Waals surface area (Å²) < 4.78 is 65.0. The van der Waals surface area contributed by atoms with Crippen molar-refractivity contribution in [3.8, 4) is 5.75 Å². The molecule has 0 amide bonds. The molecule has 2 fully saturated rings. The topological polar surface area (TPSA) is 57.2 Å². The van der Waals surface area contributed by atoms with Gasteiger partial charge in [0.1, 0.15) is 12.4 Å².